The van der Waals surface area contributed by atoms with Crippen molar-refractivity contribution in [3.63, 3.8) is 0 Å². The Morgan fingerprint density at radius 1 is 1.38 bits per heavy atom. The Balaban J connectivity index is 2.64. The summed E-state index contributed by atoms with van der Waals surface area (Å²) >= 11 is 0. The number of phenols is 1. The summed E-state index contributed by atoms with van der Waals surface area (Å²) in [6.07, 6.45) is 0.273. The highest BCUT2D eigenvalue weighted by atomic mass is 16.4. The van der Waals surface area contributed by atoms with Crippen LogP contribution in [-0.4, -0.2) is 22.2 Å². The molecule has 70 valence electrons. The van der Waals surface area contributed by atoms with Crippen LogP contribution in [0.3, 0.4) is 0 Å². The molecule has 0 saturated heterocycles. The summed E-state index contributed by atoms with van der Waals surface area (Å²) in [5.41, 5.74) is 6.12. The van der Waals surface area contributed by atoms with E-state index in [1.807, 2.05) is 0 Å². The highest BCUT2D eigenvalue weighted by Crippen LogP contribution is 2.10. The van der Waals surface area contributed by atoms with E-state index in [0.29, 0.717) is 0 Å². The van der Waals surface area contributed by atoms with Crippen LogP contribution in [0.1, 0.15) is 5.56 Å². The molecule has 0 aromatic heterocycles. The summed E-state index contributed by atoms with van der Waals surface area (Å²) in [5, 5.41) is 17.5. The molecule has 0 aliphatic heterocycles. The van der Waals surface area contributed by atoms with E-state index in [1.165, 1.54) is 12.1 Å². The van der Waals surface area contributed by atoms with Gasteiger partial charge in [0.25, 0.3) is 0 Å². The predicted octanol–water partition coefficient (Wildman–Crippen LogP) is 0.347. The van der Waals surface area contributed by atoms with Crippen molar-refractivity contribution < 1.29 is 15.0 Å². The number of aliphatic carboxylic acids is 1. The van der Waals surface area contributed by atoms with E-state index in [4.69, 9.17) is 15.9 Å². The molecule has 13 heavy (non-hydrogen) atoms. The van der Waals surface area contributed by atoms with Gasteiger partial charge in [0, 0.05) is 0 Å². The third-order valence-electron chi connectivity index (χ3n) is 1.71. The minimum atomic E-state index is -1.02. The topological polar surface area (TPSA) is 83.5 Å². The number of carboxylic acids is 1. The van der Waals surface area contributed by atoms with E-state index in [2.05, 4.69) is 0 Å². The molecule has 4 heteroatoms. The van der Waals surface area contributed by atoms with E-state index < -0.39 is 12.0 Å². The third kappa shape index (κ3) is 2.76. The molecule has 1 aromatic carbocycles. The van der Waals surface area contributed by atoms with E-state index in [1.54, 1.807) is 12.1 Å². The minimum Gasteiger partial charge on any atom is -0.508 e. The lowest BCUT2D eigenvalue weighted by molar-refractivity contribution is -0.138. The van der Waals surface area contributed by atoms with Crippen molar-refractivity contribution in [3.05, 3.63) is 29.8 Å². The summed E-state index contributed by atoms with van der Waals surface area (Å²) in [6, 6.07) is 5.42. The fraction of sp³-hybridized carbons (Fsp3) is 0.222. The zero-order valence-corrected chi connectivity index (χ0v) is 6.97. The normalized spacial score (nSPS) is 12.4. The second kappa shape index (κ2) is 3.91. The minimum absolute atomic E-state index is 0.160. The van der Waals surface area contributed by atoms with Crippen molar-refractivity contribution in [1.29, 1.82) is 0 Å². The standard InChI is InChI=1S/C9H11NO3/c10-8(9(12)13)5-6-1-3-7(11)4-2-6/h1-4,8,11H,5,10H2,(H,12,13)/i8+1. The lowest BCUT2D eigenvalue weighted by Gasteiger charge is -2.05. The highest BCUT2D eigenvalue weighted by molar-refractivity contribution is 5.73. The smallest absolute Gasteiger partial charge is 0.320 e. The van der Waals surface area contributed by atoms with Crippen molar-refractivity contribution in [2.24, 2.45) is 5.73 Å². The van der Waals surface area contributed by atoms with E-state index >= 15 is 0 Å². The van der Waals surface area contributed by atoms with Gasteiger partial charge >= 0.3 is 5.97 Å². The molecule has 0 aliphatic carbocycles. The molecule has 1 atom stereocenters. The number of hydrogen-bond acceptors (Lipinski definition) is 3. The first kappa shape index (κ1) is 9.54. The molecule has 0 spiro atoms. The van der Waals surface area contributed by atoms with Crippen molar-refractivity contribution in [2.75, 3.05) is 0 Å². The SMILES string of the molecule is N[13CH](Cc1ccc(O)cc1)C(=O)O. The van der Waals surface area contributed by atoms with Crippen LogP contribution >= 0.6 is 0 Å². The van der Waals surface area contributed by atoms with Crippen molar-refractivity contribution in [3.8, 4) is 5.75 Å². The Morgan fingerprint density at radius 2 is 1.92 bits per heavy atom. The van der Waals surface area contributed by atoms with Crippen LogP contribution in [0, 0.1) is 0 Å². The molecule has 0 aliphatic rings. The van der Waals surface area contributed by atoms with Gasteiger partial charge in [0.05, 0.1) is 0 Å². The van der Waals surface area contributed by atoms with Gasteiger partial charge in [-0.15, -0.1) is 0 Å². The lowest BCUT2D eigenvalue weighted by atomic mass is 10.2. The Kier molecular flexibility index (Phi) is 2.87. The number of carbonyl (C=O) groups is 1. The molecule has 0 amide bonds. The Hall–Kier alpha value is -1.55. The van der Waals surface area contributed by atoms with Crippen LogP contribution in [0.25, 0.3) is 0 Å². The maximum absolute atomic E-state index is 10.4. The maximum atomic E-state index is 10.4. The van der Waals surface area contributed by atoms with Crippen molar-refractivity contribution >= 4 is 5.97 Å². The Bertz CT molecular complexity index is 294. The van der Waals surface area contributed by atoms with Crippen molar-refractivity contribution in [1.82, 2.24) is 0 Å². The number of nitrogens with two attached hydrogens (primary N) is 1. The van der Waals surface area contributed by atoms with Gasteiger partial charge in [-0.1, -0.05) is 12.1 Å². The number of phenolic OH excluding ortho intramolecular Hbond substituents is 1. The summed E-state index contributed by atoms with van der Waals surface area (Å²) in [7, 11) is 0. The Morgan fingerprint density at radius 3 is 2.38 bits per heavy atom. The molecule has 4 nitrogen and oxygen atoms in total. The lowest BCUT2D eigenvalue weighted by Crippen LogP contribution is -2.32. The molecule has 0 saturated carbocycles. The monoisotopic (exact) mass is 182 g/mol. The summed E-state index contributed by atoms with van der Waals surface area (Å²) in [4.78, 5) is 10.4. The molecule has 0 radical (unpaired) electrons. The van der Waals surface area contributed by atoms with Crippen LogP contribution < -0.4 is 5.73 Å². The zero-order valence-electron chi connectivity index (χ0n) is 6.97. The maximum Gasteiger partial charge on any atom is 0.320 e. The van der Waals surface area contributed by atoms with Gasteiger partial charge in [-0.05, 0) is 24.1 Å². The molecule has 0 heterocycles. The first-order chi connectivity index (χ1) is 6.09. The molecule has 1 unspecified atom stereocenters. The fourth-order valence-electron chi connectivity index (χ4n) is 0.973. The zero-order chi connectivity index (χ0) is 9.84. The second-order valence-corrected chi connectivity index (χ2v) is 2.82. The molecule has 0 fully saturated rings. The van der Waals surface area contributed by atoms with Gasteiger partial charge in [0.1, 0.15) is 11.8 Å². The van der Waals surface area contributed by atoms with Gasteiger partial charge < -0.3 is 15.9 Å². The van der Waals surface area contributed by atoms with Crippen LogP contribution in [0.5, 0.6) is 5.75 Å². The quantitative estimate of drug-likeness (QED) is 0.589. The van der Waals surface area contributed by atoms with Crippen LogP contribution in [0.4, 0.5) is 0 Å². The second-order valence-electron chi connectivity index (χ2n) is 2.82. The fourth-order valence-corrected chi connectivity index (χ4v) is 0.973. The van der Waals surface area contributed by atoms with Crippen LogP contribution in [0.2, 0.25) is 0 Å². The third-order valence-corrected chi connectivity index (χ3v) is 1.71. The summed E-state index contributed by atoms with van der Waals surface area (Å²) in [5.74, 6) is -0.860. The first-order valence-corrected chi connectivity index (χ1v) is 3.86. The number of benzene rings is 1. The molecule has 1 aromatic rings. The predicted molar refractivity (Wildman–Crippen MR) is 47.4 cm³/mol. The molecular weight excluding hydrogens is 171 g/mol. The van der Waals surface area contributed by atoms with Gasteiger partial charge in [-0.25, -0.2) is 0 Å². The number of carboxylic acid groups (broad SMARTS) is 1. The molecule has 1 rings (SSSR count). The van der Waals surface area contributed by atoms with E-state index in [-0.39, 0.29) is 12.2 Å². The highest BCUT2D eigenvalue weighted by Gasteiger charge is 2.11. The van der Waals surface area contributed by atoms with E-state index in [9.17, 15) is 4.79 Å². The first-order valence-electron chi connectivity index (χ1n) is 3.86. The van der Waals surface area contributed by atoms with Crippen LogP contribution in [-0.2, 0) is 11.2 Å². The van der Waals surface area contributed by atoms with E-state index in [0.717, 1.165) is 5.56 Å². The van der Waals surface area contributed by atoms with Crippen molar-refractivity contribution in [2.45, 2.75) is 12.5 Å². The average molecular weight is 182 g/mol. The number of aromatic hydroxyl groups is 1. The number of rotatable bonds is 3. The van der Waals surface area contributed by atoms with Gasteiger partial charge in [0.2, 0.25) is 0 Å². The van der Waals surface area contributed by atoms with Gasteiger partial charge in [0.15, 0.2) is 0 Å². The van der Waals surface area contributed by atoms with Crippen LogP contribution in [0.15, 0.2) is 24.3 Å². The average Bonchev–Trinajstić information content (AvgIpc) is 2.08. The van der Waals surface area contributed by atoms with Gasteiger partial charge in [-0.3, -0.25) is 4.79 Å². The molecular formula is C9H11NO3. The number of hydrogen-bond donors (Lipinski definition) is 3. The van der Waals surface area contributed by atoms with Gasteiger partial charge in [-0.2, -0.15) is 0 Å². The Labute approximate surface area is 75.6 Å². The summed E-state index contributed by atoms with van der Waals surface area (Å²) in [6.45, 7) is 0. The summed E-state index contributed by atoms with van der Waals surface area (Å²) < 4.78 is 0. The molecule has 4 N–H and O–H groups in total. The molecule has 0 bridgehead atoms. The largest absolute Gasteiger partial charge is 0.508 e.